The molecule has 0 aromatic heterocycles. The van der Waals surface area contributed by atoms with E-state index in [1.54, 1.807) is 0 Å². The lowest BCUT2D eigenvalue weighted by Gasteiger charge is -2.25. The Balaban J connectivity index is 1.44. The van der Waals surface area contributed by atoms with Gasteiger partial charge in [-0.25, -0.2) is 0 Å². The summed E-state index contributed by atoms with van der Waals surface area (Å²) < 4.78 is 10.7. The second kappa shape index (κ2) is 4.93. The van der Waals surface area contributed by atoms with Crippen LogP contribution in [0.2, 0.25) is 0 Å². The number of nitrogens with zero attached hydrogens (tertiary/aromatic N) is 1. The summed E-state index contributed by atoms with van der Waals surface area (Å²) in [5.74, 6) is 3.89. The number of carbonyl (C=O) groups is 1. The lowest BCUT2D eigenvalue weighted by atomic mass is 10.0. The lowest BCUT2D eigenvalue weighted by molar-refractivity contribution is -0.136. The molecule has 4 nitrogen and oxygen atoms in total. The van der Waals surface area contributed by atoms with E-state index in [0.29, 0.717) is 19.2 Å². The van der Waals surface area contributed by atoms with Gasteiger partial charge in [-0.2, -0.15) is 0 Å². The molecule has 3 aliphatic rings. The number of fused-ring (bicyclic) bond motifs is 2. The van der Waals surface area contributed by atoms with Crippen LogP contribution in [0.4, 0.5) is 0 Å². The minimum absolute atomic E-state index is 0.266. The van der Waals surface area contributed by atoms with E-state index in [-0.39, 0.29) is 5.92 Å². The summed E-state index contributed by atoms with van der Waals surface area (Å²) in [7, 11) is 0. The SMILES string of the molecule is CCN(Cc1ccc2c(c1)OCO2)C(=O)C1CC2CC2C1. The molecule has 0 N–H and O–H groups in total. The molecule has 2 fully saturated rings. The summed E-state index contributed by atoms with van der Waals surface area (Å²) >= 11 is 0. The minimum atomic E-state index is 0.266. The average Bonchev–Trinajstić information content (AvgIpc) is 2.91. The van der Waals surface area contributed by atoms with Crippen LogP contribution in [0.25, 0.3) is 0 Å². The largest absolute Gasteiger partial charge is 0.454 e. The molecule has 2 aliphatic carbocycles. The zero-order chi connectivity index (χ0) is 14.4. The van der Waals surface area contributed by atoms with E-state index in [9.17, 15) is 4.79 Å². The minimum Gasteiger partial charge on any atom is -0.454 e. The number of benzene rings is 1. The van der Waals surface area contributed by atoms with Crippen molar-refractivity contribution in [2.75, 3.05) is 13.3 Å². The molecule has 1 amide bonds. The number of carbonyl (C=O) groups excluding carboxylic acids is 1. The van der Waals surface area contributed by atoms with Gasteiger partial charge in [-0.05, 0) is 55.7 Å². The van der Waals surface area contributed by atoms with Crippen LogP contribution >= 0.6 is 0 Å². The fourth-order valence-electron chi connectivity index (χ4n) is 3.78. The predicted molar refractivity (Wildman–Crippen MR) is 78.0 cm³/mol. The van der Waals surface area contributed by atoms with Gasteiger partial charge in [0.15, 0.2) is 11.5 Å². The summed E-state index contributed by atoms with van der Waals surface area (Å²) in [5, 5.41) is 0. The molecule has 0 bridgehead atoms. The van der Waals surface area contributed by atoms with Crippen LogP contribution in [-0.4, -0.2) is 24.1 Å². The summed E-state index contributed by atoms with van der Waals surface area (Å²) in [6.45, 7) is 3.78. The van der Waals surface area contributed by atoms with Crippen molar-refractivity contribution in [3.63, 3.8) is 0 Å². The number of ether oxygens (including phenoxy) is 2. The molecule has 112 valence electrons. The van der Waals surface area contributed by atoms with Gasteiger partial charge >= 0.3 is 0 Å². The maximum Gasteiger partial charge on any atom is 0.231 e. The molecule has 0 spiro atoms. The molecule has 21 heavy (non-hydrogen) atoms. The summed E-state index contributed by atoms with van der Waals surface area (Å²) in [4.78, 5) is 14.6. The Morgan fingerprint density at radius 1 is 1.19 bits per heavy atom. The fourth-order valence-corrected chi connectivity index (χ4v) is 3.78. The maximum absolute atomic E-state index is 12.7. The van der Waals surface area contributed by atoms with Gasteiger partial charge in [0.2, 0.25) is 12.7 Å². The third-order valence-corrected chi connectivity index (χ3v) is 5.10. The monoisotopic (exact) mass is 287 g/mol. The van der Waals surface area contributed by atoms with Gasteiger partial charge < -0.3 is 14.4 Å². The zero-order valence-corrected chi connectivity index (χ0v) is 12.4. The molecular formula is C17H21NO3. The van der Waals surface area contributed by atoms with Crippen molar-refractivity contribution in [3.05, 3.63) is 23.8 Å². The highest BCUT2D eigenvalue weighted by Crippen LogP contribution is 2.54. The van der Waals surface area contributed by atoms with Crippen LogP contribution in [0, 0.1) is 17.8 Å². The second-order valence-corrected chi connectivity index (χ2v) is 6.46. The van der Waals surface area contributed by atoms with Gasteiger partial charge in [-0.15, -0.1) is 0 Å². The second-order valence-electron chi connectivity index (χ2n) is 6.46. The Hall–Kier alpha value is -1.71. The lowest BCUT2D eigenvalue weighted by Crippen LogP contribution is -2.35. The first-order valence-corrected chi connectivity index (χ1v) is 7.92. The molecule has 2 atom stereocenters. The zero-order valence-electron chi connectivity index (χ0n) is 12.4. The van der Waals surface area contributed by atoms with E-state index in [0.717, 1.165) is 48.3 Å². The van der Waals surface area contributed by atoms with Crippen LogP contribution in [0.3, 0.4) is 0 Å². The molecular weight excluding hydrogens is 266 g/mol. The molecule has 1 aromatic carbocycles. The van der Waals surface area contributed by atoms with Crippen molar-refractivity contribution >= 4 is 5.91 Å². The van der Waals surface area contributed by atoms with E-state index in [4.69, 9.17) is 9.47 Å². The Labute approximate surface area is 125 Å². The van der Waals surface area contributed by atoms with Gasteiger partial charge in [0, 0.05) is 19.0 Å². The topological polar surface area (TPSA) is 38.8 Å². The molecule has 2 saturated carbocycles. The third-order valence-electron chi connectivity index (χ3n) is 5.10. The highest BCUT2D eigenvalue weighted by Gasteiger charge is 2.48. The van der Waals surface area contributed by atoms with Crippen LogP contribution in [0.5, 0.6) is 11.5 Å². The highest BCUT2D eigenvalue weighted by molar-refractivity contribution is 5.79. The first-order valence-electron chi connectivity index (χ1n) is 7.92. The van der Waals surface area contributed by atoms with Crippen molar-refractivity contribution < 1.29 is 14.3 Å². The van der Waals surface area contributed by atoms with Crippen LogP contribution in [0.15, 0.2) is 18.2 Å². The molecule has 1 aliphatic heterocycles. The van der Waals surface area contributed by atoms with Crippen molar-refractivity contribution in [1.29, 1.82) is 0 Å². The molecule has 1 heterocycles. The highest BCUT2D eigenvalue weighted by atomic mass is 16.7. The van der Waals surface area contributed by atoms with Crippen LogP contribution in [0.1, 0.15) is 31.7 Å². The Morgan fingerprint density at radius 2 is 1.95 bits per heavy atom. The molecule has 1 aromatic rings. The standard InChI is InChI=1S/C17H21NO3/c1-2-18(17(19)14-7-12-6-13(12)8-14)9-11-3-4-15-16(5-11)21-10-20-15/h3-5,12-14H,2,6-10H2,1H3. The average molecular weight is 287 g/mol. The van der Waals surface area contributed by atoms with E-state index < -0.39 is 0 Å². The van der Waals surface area contributed by atoms with Crippen molar-refractivity contribution in [1.82, 2.24) is 4.90 Å². The van der Waals surface area contributed by atoms with Crippen molar-refractivity contribution in [3.8, 4) is 11.5 Å². The van der Waals surface area contributed by atoms with Gasteiger partial charge in [0.05, 0.1) is 0 Å². The van der Waals surface area contributed by atoms with Crippen molar-refractivity contribution in [2.45, 2.75) is 32.7 Å². The normalized spacial score (nSPS) is 28.3. The molecule has 2 unspecified atom stereocenters. The predicted octanol–water partition coefficient (Wildman–Crippen LogP) is 2.81. The van der Waals surface area contributed by atoms with Crippen molar-refractivity contribution in [2.24, 2.45) is 17.8 Å². The number of hydrogen-bond donors (Lipinski definition) is 0. The van der Waals surface area contributed by atoms with Gasteiger partial charge in [-0.3, -0.25) is 4.79 Å². The first kappa shape index (κ1) is 13.0. The number of rotatable bonds is 4. The Bertz CT molecular complexity index is 561. The van der Waals surface area contributed by atoms with Gasteiger partial charge in [-0.1, -0.05) is 6.07 Å². The summed E-state index contributed by atoms with van der Waals surface area (Å²) in [5.41, 5.74) is 1.11. The summed E-state index contributed by atoms with van der Waals surface area (Å²) in [6.07, 6.45) is 3.58. The van der Waals surface area contributed by atoms with Crippen LogP contribution in [-0.2, 0) is 11.3 Å². The van der Waals surface area contributed by atoms with E-state index in [1.807, 2.05) is 23.1 Å². The first-order chi connectivity index (χ1) is 10.2. The fraction of sp³-hybridized carbons (Fsp3) is 0.588. The maximum atomic E-state index is 12.7. The molecule has 0 saturated heterocycles. The van der Waals surface area contributed by atoms with E-state index >= 15 is 0 Å². The van der Waals surface area contributed by atoms with Gasteiger partial charge in [0.25, 0.3) is 0 Å². The molecule has 0 radical (unpaired) electrons. The molecule has 4 heteroatoms. The van der Waals surface area contributed by atoms with Gasteiger partial charge in [0.1, 0.15) is 0 Å². The Kier molecular flexibility index (Phi) is 3.05. The molecule has 4 rings (SSSR count). The smallest absolute Gasteiger partial charge is 0.231 e. The van der Waals surface area contributed by atoms with E-state index in [2.05, 4.69) is 6.92 Å². The van der Waals surface area contributed by atoms with Crippen LogP contribution < -0.4 is 9.47 Å². The van der Waals surface area contributed by atoms with E-state index in [1.165, 1.54) is 6.42 Å². The number of hydrogen-bond acceptors (Lipinski definition) is 3. The third kappa shape index (κ3) is 2.37. The Morgan fingerprint density at radius 3 is 2.71 bits per heavy atom. The quantitative estimate of drug-likeness (QED) is 0.854. The summed E-state index contributed by atoms with van der Waals surface area (Å²) in [6, 6.07) is 5.95. The number of amides is 1.